The molecule has 0 aromatic heterocycles. The van der Waals surface area contributed by atoms with Gasteiger partial charge in [0.15, 0.2) is 6.21 Å². The number of benzene rings is 1. The summed E-state index contributed by atoms with van der Waals surface area (Å²) < 4.78 is 7.51. The highest BCUT2D eigenvalue weighted by Gasteiger charge is 2.02. The predicted octanol–water partition coefficient (Wildman–Crippen LogP) is 4.00. The van der Waals surface area contributed by atoms with Gasteiger partial charge in [-0.3, -0.25) is 0 Å². The first-order chi connectivity index (χ1) is 9.24. The van der Waals surface area contributed by atoms with Crippen molar-refractivity contribution in [2.75, 3.05) is 20.2 Å². The maximum absolute atomic E-state index is 5.21. The number of nitrogens with zero attached hydrogens (tertiary/aromatic N) is 1. The molecule has 2 heteroatoms. The Morgan fingerprint density at radius 1 is 1.11 bits per heavy atom. The molecule has 0 atom stereocenters. The molecule has 19 heavy (non-hydrogen) atoms. The van der Waals surface area contributed by atoms with Gasteiger partial charge in [0, 0.05) is 6.08 Å². The average Bonchev–Trinajstić information content (AvgIpc) is 2.47. The van der Waals surface area contributed by atoms with Crippen molar-refractivity contribution in [2.24, 2.45) is 0 Å². The maximum Gasteiger partial charge on any atom is 0.163 e. The summed E-state index contributed by atoms with van der Waals surface area (Å²) in [4.78, 5) is 0. The molecular weight excluding hydrogens is 234 g/mol. The average molecular weight is 260 g/mol. The van der Waals surface area contributed by atoms with Crippen molar-refractivity contribution in [2.45, 2.75) is 33.6 Å². The van der Waals surface area contributed by atoms with Crippen LogP contribution < -0.4 is 4.74 Å². The van der Waals surface area contributed by atoms with E-state index in [0.29, 0.717) is 0 Å². The van der Waals surface area contributed by atoms with E-state index in [4.69, 9.17) is 4.74 Å². The molecule has 0 saturated carbocycles. The lowest BCUT2D eigenvalue weighted by Gasteiger charge is -2.06. The zero-order chi connectivity index (χ0) is 14.1. The Morgan fingerprint density at radius 2 is 1.74 bits per heavy atom. The summed E-state index contributed by atoms with van der Waals surface area (Å²) >= 11 is 0. The standard InChI is InChI=1S/C17H26NO/c1-5-8-15(13-14-18(6-2)7-3)16-9-11-17(19-4)12-10-16/h9-14H,5-8H2,1-4H3/q+1/b15-13+. The third-order valence-corrected chi connectivity index (χ3v) is 3.28. The van der Waals surface area contributed by atoms with Gasteiger partial charge in [0.05, 0.1) is 7.11 Å². The molecule has 0 aliphatic carbocycles. The summed E-state index contributed by atoms with van der Waals surface area (Å²) in [5.74, 6) is 0.910. The third kappa shape index (κ3) is 4.90. The lowest BCUT2D eigenvalue weighted by molar-refractivity contribution is -0.515. The van der Waals surface area contributed by atoms with Crippen molar-refractivity contribution in [1.82, 2.24) is 0 Å². The van der Waals surface area contributed by atoms with Crippen LogP contribution in [-0.4, -0.2) is 31.0 Å². The molecule has 0 spiro atoms. The molecule has 0 fully saturated rings. The Bertz CT molecular complexity index is 423. The molecule has 0 saturated heterocycles. The van der Waals surface area contributed by atoms with Crippen LogP contribution in [0.1, 0.15) is 39.2 Å². The Balaban J connectivity index is 2.98. The van der Waals surface area contributed by atoms with E-state index in [1.165, 1.54) is 11.1 Å². The lowest BCUT2D eigenvalue weighted by atomic mass is 10.0. The van der Waals surface area contributed by atoms with Crippen LogP contribution in [0.15, 0.2) is 30.3 Å². The number of rotatable bonds is 7. The summed E-state index contributed by atoms with van der Waals surface area (Å²) in [6, 6.07) is 8.32. The van der Waals surface area contributed by atoms with Gasteiger partial charge in [-0.2, -0.15) is 0 Å². The van der Waals surface area contributed by atoms with E-state index in [1.807, 2.05) is 12.1 Å². The van der Waals surface area contributed by atoms with Crippen LogP contribution in [0.25, 0.3) is 5.57 Å². The highest BCUT2D eigenvalue weighted by Crippen LogP contribution is 2.22. The third-order valence-electron chi connectivity index (χ3n) is 3.28. The summed E-state index contributed by atoms with van der Waals surface area (Å²) in [6.45, 7) is 8.68. The van der Waals surface area contributed by atoms with E-state index >= 15 is 0 Å². The fraction of sp³-hybridized carbons (Fsp3) is 0.471. The van der Waals surface area contributed by atoms with Crippen LogP contribution in [0.5, 0.6) is 5.75 Å². The smallest absolute Gasteiger partial charge is 0.163 e. The van der Waals surface area contributed by atoms with Gasteiger partial charge in [-0.15, -0.1) is 0 Å². The fourth-order valence-electron chi connectivity index (χ4n) is 2.03. The molecule has 2 nitrogen and oxygen atoms in total. The molecule has 0 aliphatic heterocycles. The molecular formula is C17H26NO+. The minimum atomic E-state index is 0.910. The zero-order valence-electron chi connectivity index (χ0n) is 12.6. The summed E-state index contributed by atoms with van der Waals surface area (Å²) in [5.41, 5.74) is 2.67. The molecule has 0 radical (unpaired) electrons. The molecule has 0 heterocycles. The summed E-state index contributed by atoms with van der Waals surface area (Å²) in [7, 11) is 1.70. The SMILES string of the molecule is CCC/C(=C\C=[N+](CC)CC)c1ccc(OC)cc1. The molecule has 0 aliphatic rings. The van der Waals surface area contributed by atoms with Crippen molar-refractivity contribution in [1.29, 1.82) is 0 Å². The zero-order valence-corrected chi connectivity index (χ0v) is 12.6. The fourth-order valence-corrected chi connectivity index (χ4v) is 2.03. The number of allylic oxidation sites excluding steroid dienone is 2. The predicted molar refractivity (Wildman–Crippen MR) is 83.3 cm³/mol. The van der Waals surface area contributed by atoms with Crippen molar-refractivity contribution >= 4 is 11.8 Å². The van der Waals surface area contributed by atoms with Crippen molar-refractivity contribution in [3.63, 3.8) is 0 Å². The maximum atomic E-state index is 5.21. The first-order valence-electron chi connectivity index (χ1n) is 7.17. The number of hydrogen-bond donors (Lipinski definition) is 0. The molecule has 1 rings (SSSR count). The van der Waals surface area contributed by atoms with Gasteiger partial charge in [0.2, 0.25) is 0 Å². The Kier molecular flexibility index (Phi) is 6.94. The summed E-state index contributed by atoms with van der Waals surface area (Å²) in [6.07, 6.45) is 6.71. The lowest BCUT2D eigenvalue weighted by Crippen LogP contribution is -2.10. The minimum Gasteiger partial charge on any atom is -0.497 e. The van der Waals surface area contributed by atoms with E-state index in [-0.39, 0.29) is 0 Å². The van der Waals surface area contributed by atoms with E-state index in [2.05, 4.69) is 49.8 Å². The van der Waals surface area contributed by atoms with Crippen molar-refractivity contribution in [3.8, 4) is 5.75 Å². The van der Waals surface area contributed by atoms with Gasteiger partial charge in [0.25, 0.3) is 0 Å². The Labute approximate surface area is 117 Å². The van der Waals surface area contributed by atoms with E-state index < -0.39 is 0 Å². The van der Waals surface area contributed by atoms with Crippen LogP contribution in [0.4, 0.5) is 0 Å². The second-order valence-corrected chi connectivity index (χ2v) is 4.54. The Morgan fingerprint density at radius 3 is 2.21 bits per heavy atom. The largest absolute Gasteiger partial charge is 0.497 e. The molecule has 0 unspecified atom stereocenters. The monoisotopic (exact) mass is 260 g/mol. The molecule has 1 aromatic carbocycles. The normalized spacial score (nSPS) is 11.3. The summed E-state index contributed by atoms with van der Waals surface area (Å²) in [5, 5.41) is 0. The van der Waals surface area contributed by atoms with Crippen LogP contribution >= 0.6 is 0 Å². The van der Waals surface area contributed by atoms with Gasteiger partial charge >= 0.3 is 0 Å². The topological polar surface area (TPSA) is 12.2 Å². The number of ether oxygens (including phenoxy) is 1. The highest BCUT2D eigenvalue weighted by atomic mass is 16.5. The van der Waals surface area contributed by atoms with Crippen molar-refractivity contribution < 1.29 is 9.31 Å². The van der Waals surface area contributed by atoms with Crippen molar-refractivity contribution in [3.05, 3.63) is 35.9 Å². The van der Waals surface area contributed by atoms with E-state index in [9.17, 15) is 0 Å². The quantitative estimate of drug-likeness (QED) is 0.533. The molecule has 1 aromatic rings. The van der Waals surface area contributed by atoms with E-state index in [0.717, 1.165) is 31.7 Å². The van der Waals surface area contributed by atoms with Crippen LogP contribution in [0.2, 0.25) is 0 Å². The van der Waals surface area contributed by atoms with Gasteiger partial charge in [-0.25, -0.2) is 4.58 Å². The molecule has 0 amide bonds. The van der Waals surface area contributed by atoms with Gasteiger partial charge in [0.1, 0.15) is 18.8 Å². The first kappa shape index (κ1) is 15.5. The number of hydrogen-bond acceptors (Lipinski definition) is 1. The number of methoxy groups -OCH3 is 1. The van der Waals surface area contributed by atoms with Gasteiger partial charge < -0.3 is 4.74 Å². The minimum absolute atomic E-state index is 0.910. The van der Waals surface area contributed by atoms with Crippen LogP contribution in [-0.2, 0) is 0 Å². The molecule has 0 N–H and O–H groups in total. The Hall–Kier alpha value is -1.57. The van der Waals surface area contributed by atoms with Gasteiger partial charge in [-0.05, 0) is 43.5 Å². The second-order valence-electron chi connectivity index (χ2n) is 4.54. The molecule has 104 valence electrons. The second kappa shape index (κ2) is 8.52. The van der Waals surface area contributed by atoms with E-state index in [1.54, 1.807) is 7.11 Å². The van der Waals surface area contributed by atoms with Crippen LogP contribution in [0.3, 0.4) is 0 Å². The van der Waals surface area contributed by atoms with Gasteiger partial charge in [-0.1, -0.05) is 25.5 Å². The molecule has 0 bridgehead atoms. The highest BCUT2D eigenvalue weighted by molar-refractivity contribution is 5.82. The van der Waals surface area contributed by atoms with Crippen LogP contribution in [0, 0.1) is 0 Å². The first-order valence-corrected chi connectivity index (χ1v) is 7.17.